The van der Waals surface area contributed by atoms with Gasteiger partial charge < -0.3 is 14.9 Å². The molecule has 0 aliphatic heterocycles. The van der Waals surface area contributed by atoms with Gasteiger partial charge in [0.1, 0.15) is 5.82 Å². The van der Waals surface area contributed by atoms with Crippen molar-refractivity contribution in [3.05, 3.63) is 48.8 Å². The molecule has 0 aliphatic rings. The third-order valence-corrected chi connectivity index (χ3v) is 3.13. The highest BCUT2D eigenvalue weighted by atomic mass is 15.0. The number of aryl methyl sites for hydroxylation is 1. The molecular weight excluding hydrogens is 238 g/mol. The number of H-pyrrole nitrogens is 1. The summed E-state index contributed by atoms with van der Waals surface area (Å²) in [5, 5.41) is 3.37. The van der Waals surface area contributed by atoms with Gasteiger partial charge >= 0.3 is 0 Å². The van der Waals surface area contributed by atoms with Crippen LogP contribution in [0.25, 0.3) is 11.0 Å². The first kappa shape index (κ1) is 11.9. The van der Waals surface area contributed by atoms with E-state index in [1.165, 1.54) is 5.52 Å². The molecule has 0 saturated carbocycles. The van der Waals surface area contributed by atoms with Crippen molar-refractivity contribution in [3.8, 4) is 0 Å². The van der Waals surface area contributed by atoms with Crippen LogP contribution < -0.4 is 5.32 Å². The predicted octanol–water partition coefficient (Wildman–Crippen LogP) is 1.94. The van der Waals surface area contributed by atoms with Crippen LogP contribution in [0.15, 0.2) is 43.0 Å². The van der Waals surface area contributed by atoms with Gasteiger partial charge in [0.25, 0.3) is 0 Å². The molecule has 0 atom stereocenters. The van der Waals surface area contributed by atoms with E-state index in [1.807, 2.05) is 24.7 Å². The van der Waals surface area contributed by atoms with Gasteiger partial charge in [-0.1, -0.05) is 12.1 Å². The molecule has 0 spiro atoms. The second-order valence-corrected chi connectivity index (χ2v) is 4.49. The molecule has 0 bridgehead atoms. The number of para-hydroxylation sites is 2. The quantitative estimate of drug-likeness (QED) is 0.662. The van der Waals surface area contributed by atoms with Gasteiger partial charge in [-0.3, -0.25) is 0 Å². The van der Waals surface area contributed by atoms with Crippen molar-refractivity contribution in [2.75, 3.05) is 6.54 Å². The van der Waals surface area contributed by atoms with Crippen LogP contribution in [0.2, 0.25) is 0 Å². The molecule has 1 aromatic carbocycles. The fourth-order valence-corrected chi connectivity index (χ4v) is 2.16. The highest BCUT2D eigenvalue weighted by molar-refractivity contribution is 5.74. The zero-order chi connectivity index (χ0) is 12.9. The Bertz CT molecular complexity index is 626. The van der Waals surface area contributed by atoms with E-state index in [0.29, 0.717) is 0 Å². The molecule has 98 valence electrons. The number of aromatic nitrogens is 4. The van der Waals surface area contributed by atoms with Crippen molar-refractivity contribution in [1.29, 1.82) is 0 Å². The first-order valence-electron chi connectivity index (χ1n) is 6.52. The van der Waals surface area contributed by atoms with Gasteiger partial charge in [0.05, 0.1) is 23.9 Å². The summed E-state index contributed by atoms with van der Waals surface area (Å²) in [6.07, 6.45) is 6.60. The SMILES string of the molecule is c1ccc2c(c1)ncn2CCCNCc1ncc[nH]1. The smallest absolute Gasteiger partial charge is 0.120 e. The van der Waals surface area contributed by atoms with Gasteiger partial charge in [0, 0.05) is 18.9 Å². The number of hydrogen-bond acceptors (Lipinski definition) is 3. The lowest BCUT2D eigenvalue weighted by atomic mass is 10.3. The molecule has 3 aromatic rings. The maximum absolute atomic E-state index is 4.39. The van der Waals surface area contributed by atoms with Gasteiger partial charge in [-0.2, -0.15) is 0 Å². The molecule has 2 heterocycles. The van der Waals surface area contributed by atoms with Crippen LogP contribution in [-0.4, -0.2) is 26.1 Å². The predicted molar refractivity (Wildman–Crippen MR) is 74.6 cm³/mol. The Labute approximate surface area is 111 Å². The summed E-state index contributed by atoms with van der Waals surface area (Å²) in [5.41, 5.74) is 2.26. The van der Waals surface area contributed by atoms with E-state index in [-0.39, 0.29) is 0 Å². The lowest BCUT2D eigenvalue weighted by molar-refractivity contribution is 0.580. The lowest BCUT2D eigenvalue weighted by Crippen LogP contribution is -2.17. The van der Waals surface area contributed by atoms with Crippen molar-refractivity contribution in [3.63, 3.8) is 0 Å². The fourth-order valence-electron chi connectivity index (χ4n) is 2.16. The van der Waals surface area contributed by atoms with E-state index in [2.05, 4.69) is 37.0 Å². The van der Waals surface area contributed by atoms with Gasteiger partial charge in [-0.25, -0.2) is 9.97 Å². The summed E-state index contributed by atoms with van der Waals surface area (Å²) in [7, 11) is 0. The summed E-state index contributed by atoms with van der Waals surface area (Å²) >= 11 is 0. The number of aromatic amines is 1. The Balaban J connectivity index is 1.47. The average Bonchev–Trinajstić information content (AvgIpc) is 3.08. The second-order valence-electron chi connectivity index (χ2n) is 4.49. The number of nitrogens with one attached hydrogen (secondary N) is 2. The first-order valence-corrected chi connectivity index (χ1v) is 6.52. The molecule has 0 unspecified atom stereocenters. The number of nitrogens with zero attached hydrogens (tertiary/aromatic N) is 3. The zero-order valence-electron chi connectivity index (χ0n) is 10.7. The van der Waals surface area contributed by atoms with E-state index in [1.54, 1.807) is 6.20 Å². The highest BCUT2D eigenvalue weighted by Gasteiger charge is 2.00. The summed E-state index contributed by atoms with van der Waals surface area (Å²) in [6, 6.07) is 8.22. The van der Waals surface area contributed by atoms with Crippen molar-refractivity contribution in [2.45, 2.75) is 19.5 Å². The summed E-state index contributed by atoms with van der Waals surface area (Å²) in [6.45, 7) is 2.73. The number of benzene rings is 1. The molecule has 0 fully saturated rings. The van der Waals surface area contributed by atoms with Gasteiger partial charge in [0.2, 0.25) is 0 Å². The molecule has 0 radical (unpaired) electrons. The molecular formula is C14H17N5. The number of rotatable bonds is 6. The monoisotopic (exact) mass is 255 g/mol. The topological polar surface area (TPSA) is 58.5 Å². The molecule has 5 heteroatoms. The van der Waals surface area contributed by atoms with Gasteiger partial charge in [-0.15, -0.1) is 0 Å². The van der Waals surface area contributed by atoms with E-state index in [9.17, 15) is 0 Å². The maximum atomic E-state index is 4.39. The molecule has 2 N–H and O–H groups in total. The molecule has 3 rings (SSSR count). The summed E-state index contributed by atoms with van der Waals surface area (Å²) in [4.78, 5) is 11.6. The Kier molecular flexibility index (Phi) is 3.56. The van der Waals surface area contributed by atoms with Crippen LogP contribution in [0.1, 0.15) is 12.2 Å². The standard InChI is InChI=1S/C14H17N5/c1-2-5-13-12(4-1)18-11-19(13)9-3-6-15-10-14-16-7-8-17-14/h1-2,4-5,7-8,11,15H,3,6,9-10H2,(H,16,17). The Hall–Kier alpha value is -2.14. The Morgan fingerprint density at radius 1 is 1.21 bits per heavy atom. The Morgan fingerprint density at radius 2 is 2.16 bits per heavy atom. The fraction of sp³-hybridized carbons (Fsp3) is 0.286. The van der Waals surface area contributed by atoms with E-state index >= 15 is 0 Å². The maximum Gasteiger partial charge on any atom is 0.120 e. The van der Waals surface area contributed by atoms with E-state index in [4.69, 9.17) is 0 Å². The van der Waals surface area contributed by atoms with Crippen molar-refractivity contribution in [2.24, 2.45) is 0 Å². The van der Waals surface area contributed by atoms with E-state index in [0.717, 1.165) is 37.4 Å². The van der Waals surface area contributed by atoms with Gasteiger partial charge in [0.15, 0.2) is 0 Å². The normalized spacial score (nSPS) is 11.2. The summed E-state index contributed by atoms with van der Waals surface area (Å²) in [5.74, 6) is 0.980. The minimum Gasteiger partial charge on any atom is -0.348 e. The first-order chi connectivity index (χ1) is 9.43. The van der Waals surface area contributed by atoms with Crippen molar-refractivity contribution >= 4 is 11.0 Å². The molecule has 2 aromatic heterocycles. The lowest BCUT2D eigenvalue weighted by Gasteiger charge is -2.05. The van der Waals surface area contributed by atoms with Crippen LogP contribution in [0.4, 0.5) is 0 Å². The zero-order valence-corrected chi connectivity index (χ0v) is 10.7. The second kappa shape index (κ2) is 5.67. The third-order valence-electron chi connectivity index (χ3n) is 3.13. The highest BCUT2D eigenvalue weighted by Crippen LogP contribution is 2.11. The van der Waals surface area contributed by atoms with Crippen molar-refractivity contribution in [1.82, 2.24) is 24.8 Å². The number of fused-ring (bicyclic) bond motifs is 1. The molecule has 0 amide bonds. The summed E-state index contributed by atoms with van der Waals surface area (Å²) < 4.78 is 2.20. The molecule has 0 saturated heterocycles. The minimum atomic E-state index is 0.789. The van der Waals surface area contributed by atoms with Crippen LogP contribution in [-0.2, 0) is 13.1 Å². The van der Waals surface area contributed by atoms with Crippen LogP contribution >= 0.6 is 0 Å². The van der Waals surface area contributed by atoms with Crippen LogP contribution in [0.3, 0.4) is 0 Å². The molecule has 19 heavy (non-hydrogen) atoms. The minimum absolute atomic E-state index is 0.789. The molecule has 0 aliphatic carbocycles. The van der Waals surface area contributed by atoms with Crippen LogP contribution in [0.5, 0.6) is 0 Å². The number of hydrogen-bond donors (Lipinski definition) is 2. The third kappa shape index (κ3) is 2.82. The Morgan fingerprint density at radius 3 is 3.05 bits per heavy atom. The average molecular weight is 255 g/mol. The largest absolute Gasteiger partial charge is 0.348 e. The van der Waals surface area contributed by atoms with Gasteiger partial charge in [-0.05, 0) is 25.1 Å². The number of imidazole rings is 2. The van der Waals surface area contributed by atoms with Crippen LogP contribution in [0, 0.1) is 0 Å². The van der Waals surface area contributed by atoms with Crippen molar-refractivity contribution < 1.29 is 0 Å². The molecule has 5 nitrogen and oxygen atoms in total. The van der Waals surface area contributed by atoms with E-state index < -0.39 is 0 Å².